The van der Waals surface area contributed by atoms with Crippen molar-refractivity contribution in [3.8, 4) is 0 Å². The van der Waals surface area contributed by atoms with Crippen molar-refractivity contribution in [2.45, 2.75) is 68.0 Å². The molecule has 3 atom stereocenters. The van der Waals surface area contributed by atoms with Gasteiger partial charge in [-0.3, -0.25) is 19.2 Å². The van der Waals surface area contributed by atoms with Gasteiger partial charge in [-0.2, -0.15) is 4.31 Å². The molecule has 2 rings (SSSR count). The van der Waals surface area contributed by atoms with Crippen LogP contribution < -0.4 is 10.6 Å². The molecule has 0 saturated carbocycles. The van der Waals surface area contributed by atoms with Gasteiger partial charge in [0.2, 0.25) is 15.9 Å². The first-order chi connectivity index (χ1) is 18.2. The van der Waals surface area contributed by atoms with E-state index in [1.807, 2.05) is 0 Å². The van der Waals surface area contributed by atoms with E-state index in [1.165, 1.54) is 0 Å². The molecule has 1 saturated heterocycles. The summed E-state index contributed by atoms with van der Waals surface area (Å²) in [5.74, 6) is -7.22. The summed E-state index contributed by atoms with van der Waals surface area (Å²) < 4.78 is 26.8. The van der Waals surface area contributed by atoms with Crippen molar-refractivity contribution < 1.29 is 57.6 Å². The number of amides is 2. The van der Waals surface area contributed by atoms with Crippen LogP contribution in [0.3, 0.4) is 0 Å². The van der Waals surface area contributed by atoms with Crippen LogP contribution in [0, 0.1) is 0 Å². The summed E-state index contributed by atoms with van der Waals surface area (Å²) >= 11 is 0. The summed E-state index contributed by atoms with van der Waals surface area (Å²) in [5, 5.41) is 40.9. The average Bonchev–Trinajstić information content (AvgIpc) is 2.88. The highest BCUT2D eigenvalue weighted by atomic mass is 32.2. The predicted molar refractivity (Wildman–Crippen MR) is 130 cm³/mol. The van der Waals surface area contributed by atoms with Gasteiger partial charge in [-0.25, -0.2) is 18.0 Å². The molecule has 39 heavy (non-hydrogen) atoms. The Balaban J connectivity index is 2.03. The van der Waals surface area contributed by atoms with Crippen LogP contribution in [0.5, 0.6) is 0 Å². The second kappa shape index (κ2) is 13.7. The lowest BCUT2D eigenvalue weighted by molar-refractivity contribution is -0.144. The number of carbonyl (C=O) groups excluding carboxylic acids is 2. The van der Waals surface area contributed by atoms with Gasteiger partial charge >= 0.3 is 23.9 Å². The maximum Gasteiger partial charge on any atom is 0.326 e. The van der Waals surface area contributed by atoms with Crippen LogP contribution >= 0.6 is 0 Å². The fraction of sp³-hybridized carbons (Fsp3) is 0.478. The molecule has 0 spiro atoms. The van der Waals surface area contributed by atoms with E-state index in [2.05, 4.69) is 10.6 Å². The molecule has 15 nitrogen and oxygen atoms in total. The van der Waals surface area contributed by atoms with E-state index in [0.29, 0.717) is 12.8 Å². The summed E-state index contributed by atoms with van der Waals surface area (Å²) in [7, 11) is -4.17. The van der Waals surface area contributed by atoms with Crippen molar-refractivity contribution in [2.75, 3.05) is 6.54 Å². The zero-order chi connectivity index (χ0) is 29.3. The third-order valence-electron chi connectivity index (χ3n) is 6.01. The van der Waals surface area contributed by atoms with Crippen molar-refractivity contribution in [2.24, 2.45) is 0 Å². The minimum atomic E-state index is -4.17. The zero-order valence-corrected chi connectivity index (χ0v) is 21.4. The van der Waals surface area contributed by atoms with E-state index in [-0.39, 0.29) is 29.8 Å². The highest BCUT2D eigenvalue weighted by molar-refractivity contribution is 7.89. The normalized spacial score (nSPS) is 17.4. The van der Waals surface area contributed by atoms with E-state index in [4.69, 9.17) is 10.2 Å². The topological polar surface area (TPSA) is 245 Å². The molecule has 0 aromatic heterocycles. The molecule has 0 aliphatic carbocycles. The molecule has 3 unspecified atom stereocenters. The molecule has 1 aromatic rings. The van der Waals surface area contributed by atoms with Crippen LogP contribution in [0.4, 0.5) is 0 Å². The molecule has 0 radical (unpaired) electrons. The Morgan fingerprint density at radius 1 is 0.846 bits per heavy atom. The third-order valence-corrected chi connectivity index (χ3v) is 7.93. The predicted octanol–water partition coefficient (Wildman–Crippen LogP) is -0.288. The monoisotopic (exact) mass is 571 g/mol. The lowest BCUT2D eigenvalue weighted by atomic mass is 10.1. The zero-order valence-electron chi connectivity index (χ0n) is 20.6. The smallest absolute Gasteiger partial charge is 0.326 e. The first-order valence-corrected chi connectivity index (χ1v) is 13.3. The van der Waals surface area contributed by atoms with Crippen LogP contribution in [0.2, 0.25) is 0 Å². The van der Waals surface area contributed by atoms with Crippen LogP contribution in [0.15, 0.2) is 29.2 Å². The molecule has 1 aliphatic rings. The van der Waals surface area contributed by atoms with Crippen molar-refractivity contribution in [3.05, 3.63) is 29.8 Å². The molecule has 1 aromatic carbocycles. The maximum absolute atomic E-state index is 13.0. The summed E-state index contributed by atoms with van der Waals surface area (Å²) in [6.07, 6.45) is -0.568. The van der Waals surface area contributed by atoms with Gasteiger partial charge in [0.05, 0.1) is 4.90 Å². The standard InChI is InChI=1S/C23H29N3O12S/c27-18(24-15(21(31)32)9-11-19(28)29)10-8-16(22(33)34)25-20(30)13-4-6-14(7-5-13)39(37,38)26-12-2-1-3-17(26)23(35)36/h4-7,15-17H,1-3,8-12H2,(H,24,27)(H,25,30)(H,28,29)(H,31,32)(H,33,34)(H,35,36). The number of nitrogens with one attached hydrogen (secondary N) is 2. The highest BCUT2D eigenvalue weighted by Gasteiger charge is 2.37. The second-order valence-electron chi connectivity index (χ2n) is 8.78. The molecule has 1 aliphatic heterocycles. The lowest BCUT2D eigenvalue weighted by Crippen LogP contribution is -2.47. The molecular weight excluding hydrogens is 542 g/mol. The lowest BCUT2D eigenvalue weighted by Gasteiger charge is -2.31. The minimum Gasteiger partial charge on any atom is -0.481 e. The number of nitrogens with zero attached hydrogens (tertiary/aromatic N) is 1. The van der Waals surface area contributed by atoms with Gasteiger partial charge in [0.25, 0.3) is 5.91 Å². The van der Waals surface area contributed by atoms with Gasteiger partial charge in [-0.15, -0.1) is 0 Å². The van der Waals surface area contributed by atoms with Crippen LogP contribution in [-0.4, -0.2) is 93.5 Å². The number of carbonyl (C=O) groups is 6. The van der Waals surface area contributed by atoms with Gasteiger partial charge in [0.1, 0.15) is 18.1 Å². The van der Waals surface area contributed by atoms with E-state index in [0.717, 1.165) is 28.6 Å². The number of sulfonamides is 1. The molecule has 2 amide bonds. The fourth-order valence-corrected chi connectivity index (χ4v) is 5.57. The molecule has 16 heteroatoms. The van der Waals surface area contributed by atoms with Crippen molar-refractivity contribution in [1.82, 2.24) is 14.9 Å². The van der Waals surface area contributed by atoms with Crippen molar-refractivity contribution >= 4 is 45.7 Å². The number of hydrogen-bond acceptors (Lipinski definition) is 8. The second-order valence-corrected chi connectivity index (χ2v) is 10.7. The number of hydrogen-bond donors (Lipinski definition) is 6. The summed E-state index contributed by atoms with van der Waals surface area (Å²) in [5.41, 5.74) is -0.0994. The van der Waals surface area contributed by atoms with Crippen molar-refractivity contribution in [1.29, 1.82) is 0 Å². The Hall–Kier alpha value is -4.05. The summed E-state index contributed by atoms with van der Waals surface area (Å²) in [6, 6.07) is 0.216. The largest absolute Gasteiger partial charge is 0.481 e. The number of carboxylic acids is 4. The molecular formula is C23H29N3O12S. The fourth-order valence-electron chi connectivity index (χ4n) is 3.92. The quantitative estimate of drug-likeness (QED) is 0.169. The van der Waals surface area contributed by atoms with E-state index >= 15 is 0 Å². The maximum atomic E-state index is 13.0. The first-order valence-electron chi connectivity index (χ1n) is 11.9. The Morgan fingerprint density at radius 3 is 1.95 bits per heavy atom. The molecule has 1 heterocycles. The minimum absolute atomic E-state index is 0.0299. The molecule has 214 valence electrons. The van der Waals surface area contributed by atoms with Gasteiger partial charge < -0.3 is 31.1 Å². The number of carboxylic acid groups (broad SMARTS) is 4. The van der Waals surface area contributed by atoms with E-state index in [1.54, 1.807) is 0 Å². The third kappa shape index (κ3) is 8.75. The Labute approximate surface area is 222 Å². The number of aliphatic carboxylic acids is 4. The van der Waals surface area contributed by atoms with Crippen LogP contribution in [0.25, 0.3) is 0 Å². The summed E-state index contributed by atoms with van der Waals surface area (Å²) in [6.45, 7) is 0.0299. The van der Waals surface area contributed by atoms with Gasteiger partial charge in [-0.1, -0.05) is 0 Å². The van der Waals surface area contributed by atoms with Gasteiger partial charge in [0.15, 0.2) is 0 Å². The number of rotatable bonds is 14. The first kappa shape index (κ1) is 31.2. The SMILES string of the molecule is O=C(O)CCC(NC(=O)CCC(NC(=O)c1ccc(S(=O)(=O)N2CCCCC2C(=O)O)cc1)C(=O)O)C(=O)O. The number of piperidine rings is 1. The van der Waals surface area contributed by atoms with Crippen molar-refractivity contribution in [3.63, 3.8) is 0 Å². The van der Waals surface area contributed by atoms with Gasteiger partial charge in [0, 0.05) is 24.9 Å². The summed E-state index contributed by atoms with van der Waals surface area (Å²) in [4.78, 5) is 69.3. The van der Waals surface area contributed by atoms with Crippen LogP contribution in [-0.2, 0) is 34.0 Å². The van der Waals surface area contributed by atoms with Crippen LogP contribution in [0.1, 0.15) is 55.3 Å². The molecule has 6 N–H and O–H groups in total. The highest BCUT2D eigenvalue weighted by Crippen LogP contribution is 2.26. The molecule has 1 fully saturated rings. The Bertz CT molecular complexity index is 1220. The molecule has 0 bridgehead atoms. The number of benzene rings is 1. The van der Waals surface area contributed by atoms with E-state index < -0.39 is 83.1 Å². The Kier molecular flexibility index (Phi) is 10.9. The average molecular weight is 572 g/mol. The van der Waals surface area contributed by atoms with Gasteiger partial charge in [-0.05, 0) is 56.4 Å². The van der Waals surface area contributed by atoms with E-state index in [9.17, 15) is 47.4 Å². The Morgan fingerprint density at radius 2 is 1.41 bits per heavy atom.